The highest BCUT2D eigenvalue weighted by atomic mass is 32.2. The predicted octanol–water partition coefficient (Wildman–Crippen LogP) is 0.959. The fraction of sp³-hybridized carbons (Fsp3) is 0.250. The van der Waals surface area contributed by atoms with Crippen LogP contribution < -0.4 is 10.8 Å². The number of nitrogens with zero attached hydrogens (tertiary/aromatic N) is 2. The van der Waals surface area contributed by atoms with Crippen molar-refractivity contribution in [1.29, 1.82) is 0 Å². The van der Waals surface area contributed by atoms with Gasteiger partial charge < -0.3 is 5.32 Å². The summed E-state index contributed by atoms with van der Waals surface area (Å²) in [7, 11) is 5.22. The molecule has 0 spiro atoms. The molecule has 0 saturated carbocycles. The number of carbonyl (C=O) groups is 1. The molecule has 3 rings (SSSR count). The van der Waals surface area contributed by atoms with E-state index in [-0.39, 0.29) is 11.9 Å². The van der Waals surface area contributed by atoms with E-state index in [4.69, 9.17) is 0 Å². The summed E-state index contributed by atoms with van der Waals surface area (Å²) in [5.41, 5.74) is 2.28. The van der Waals surface area contributed by atoms with Gasteiger partial charge in [0.25, 0.3) is 0 Å². The minimum Gasteiger partial charge on any atom is -0.351 e. The first-order valence-corrected chi connectivity index (χ1v) is 9.93. The van der Waals surface area contributed by atoms with E-state index < -0.39 is 0 Å². The normalized spacial score (nSPS) is 17.8. The van der Waals surface area contributed by atoms with Crippen molar-refractivity contribution in [3.8, 4) is 0 Å². The summed E-state index contributed by atoms with van der Waals surface area (Å²) < 4.78 is 1.17. The average Bonchev–Trinajstić information content (AvgIpc) is 3.13. The highest BCUT2D eigenvalue weighted by molar-refractivity contribution is 8.15. The van der Waals surface area contributed by atoms with Crippen LogP contribution in [0.5, 0.6) is 0 Å². The molecule has 3 unspecified atom stereocenters. The number of aliphatic imine (C=N–C) groups is 1. The zero-order valence-corrected chi connectivity index (χ0v) is 15.1. The zero-order valence-electron chi connectivity index (χ0n) is 11.2. The van der Waals surface area contributed by atoms with Gasteiger partial charge in [0.15, 0.2) is 7.00 Å². The molecule has 108 valence electrons. The fourth-order valence-electron chi connectivity index (χ4n) is 2.03. The molecule has 1 aliphatic heterocycles. The Morgan fingerprint density at radius 1 is 1.52 bits per heavy atom. The number of rotatable bonds is 4. The van der Waals surface area contributed by atoms with Gasteiger partial charge in [0.05, 0.1) is 10.2 Å². The SMILES string of the molecule is O=C(NCP)C1CSC(c2nc3ccc(BP)cc3s2)=N1. The zero-order chi connectivity index (χ0) is 14.8. The van der Waals surface area contributed by atoms with Crippen molar-refractivity contribution in [3.63, 3.8) is 0 Å². The number of thioether (sulfide) groups is 1. The highest BCUT2D eigenvalue weighted by Gasteiger charge is 2.26. The predicted molar refractivity (Wildman–Crippen MR) is 102 cm³/mol. The molecule has 2 heterocycles. The van der Waals surface area contributed by atoms with Crippen LogP contribution in [-0.4, -0.2) is 41.0 Å². The standard InChI is InChI=1S/C12H14BN3OP2S2/c17-10(14-5-18)8-4-20-11(16-8)12-15-7-2-1-6(13-19)3-9(7)21-12/h1-3,8,13H,4-5,18-19H2,(H,14,17). The van der Waals surface area contributed by atoms with Crippen LogP contribution in [0.25, 0.3) is 10.2 Å². The van der Waals surface area contributed by atoms with E-state index >= 15 is 0 Å². The van der Waals surface area contributed by atoms with Crippen molar-refractivity contribution in [2.75, 3.05) is 12.0 Å². The van der Waals surface area contributed by atoms with Crippen molar-refractivity contribution in [2.45, 2.75) is 6.04 Å². The minimum absolute atomic E-state index is 0.0149. The number of fused-ring (bicyclic) bond motifs is 1. The Morgan fingerprint density at radius 2 is 2.38 bits per heavy atom. The van der Waals surface area contributed by atoms with Crippen LogP contribution >= 0.6 is 41.5 Å². The maximum atomic E-state index is 11.8. The van der Waals surface area contributed by atoms with E-state index in [2.05, 4.69) is 45.8 Å². The number of carbonyl (C=O) groups excluding carboxylic acids is 1. The van der Waals surface area contributed by atoms with Gasteiger partial charge in [0.1, 0.15) is 16.1 Å². The molecular weight excluding hydrogens is 339 g/mol. The second-order valence-corrected chi connectivity index (χ2v) is 7.39. The molecule has 1 aromatic carbocycles. The summed E-state index contributed by atoms with van der Waals surface area (Å²) in [5.74, 6) is 0.678. The summed E-state index contributed by atoms with van der Waals surface area (Å²) in [5, 5.41) is 4.58. The van der Waals surface area contributed by atoms with E-state index in [0.29, 0.717) is 12.0 Å². The molecule has 0 fully saturated rings. The third kappa shape index (κ3) is 3.32. The Kier molecular flexibility index (Phi) is 4.95. The molecule has 3 atom stereocenters. The number of nitrogens with one attached hydrogen (secondary N) is 1. The molecule has 2 aromatic rings. The van der Waals surface area contributed by atoms with Gasteiger partial charge in [0, 0.05) is 12.0 Å². The molecule has 0 radical (unpaired) electrons. The Labute approximate surface area is 136 Å². The number of amides is 1. The molecule has 0 saturated heterocycles. The quantitative estimate of drug-likeness (QED) is 0.658. The van der Waals surface area contributed by atoms with Gasteiger partial charge in [-0.1, -0.05) is 11.5 Å². The lowest BCUT2D eigenvalue weighted by Crippen LogP contribution is -2.32. The van der Waals surface area contributed by atoms with Gasteiger partial charge in [-0.3, -0.25) is 9.79 Å². The van der Waals surface area contributed by atoms with E-state index in [0.717, 1.165) is 22.6 Å². The van der Waals surface area contributed by atoms with Gasteiger partial charge in [-0.05, 0) is 12.1 Å². The van der Waals surface area contributed by atoms with Crippen molar-refractivity contribution in [3.05, 3.63) is 23.2 Å². The van der Waals surface area contributed by atoms with Crippen molar-refractivity contribution in [1.82, 2.24) is 10.3 Å². The molecule has 1 aromatic heterocycles. The number of hydrogen-bond acceptors (Lipinski definition) is 5. The monoisotopic (exact) mass is 353 g/mol. The van der Waals surface area contributed by atoms with Crippen LogP contribution in [0, 0.1) is 0 Å². The van der Waals surface area contributed by atoms with Crippen LogP contribution in [0.4, 0.5) is 0 Å². The molecule has 1 amide bonds. The molecule has 0 aliphatic carbocycles. The summed E-state index contributed by atoms with van der Waals surface area (Å²) in [6, 6.07) is 6.02. The Hall–Kier alpha value is -0.475. The second-order valence-electron chi connectivity index (χ2n) is 4.53. The third-order valence-corrected chi connectivity index (χ3v) is 5.99. The number of hydrogen-bond donors (Lipinski definition) is 1. The largest absolute Gasteiger partial charge is 0.351 e. The minimum atomic E-state index is -0.292. The first kappa shape index (κ1) is 15.4. The number of thiazole rings is 1. The first-order chi connectivity index (χ1) is 10.2. The first-order valence-electron chi connectivity index (χ1n) is 6.49. The summed E-state index contributed by atoms with van der Waals surface area (Å²) in [4.78, 5) is 21.0. The molecule has 1 N–H and O–H groups in total. The summed E-state index contributed by atoms with van der Waals surface area (Å²) >= 11 is 3.25. The van der Waals surface area contributed by atoms with Crippen LogP contribution in [0.3, 0.4) is 0 Å². The summed E-state index contributed by atoms with van der Waals surface area (Å²) in [6.07, 6.45) is 0.559. The average molecular weight is 353 g/mol. The van der Waals surface area contributed by atoms with Gasteiger partial charge in [-0.15, -0.1) is 32.3 Å². The van der Waals surface area contributed by atoms with Gasteiger partial charge in [0.2, 0.25) is 5.91 Å². The Balaban J connectivity index is 1.87. The van der Waals surface area contributed by atoms with E-state index in [1.54, 1.807) is 23.1 Å². The van der Waals surface area contributed by atoms with Crippen molar-refractivity contribution in [2.24, 2.45) is 4.99 Å². The molecule has 0 bridgehead atoms. The third-order valence-electron chi connectivity index (χ3n) is 3.10. The second kappa shape index (κ2) is 6.74. The van der Waals surface area contributed by atoms with Gasteiger partial charge >= 0.3 is 0 Å². The van der Waals surface area contributed by atoms with Crippen molar-refractivity contribution < 1.29 is 4.79 Å². The Morgan fingerprint density at radius 3 is 3.14 bits per heavy atom. The number of aromatic nitrogens is 1. The van der Waals surface area contributed by atoms with Crippen molar-refractivity contribution >= 4 is 75.1 Å². The lowest BCUT2D eigenvalue weighted by atomic mass is 9.94. The van der Waals surface area contributed by atoms with E-state index in [1.807, 2.05) is 6.07 Å². The van der Waals surface area contributed by atoms with E-state index in [9.17, 15) is 4.79 Å². The molecule has 1 aliphatic rings. The highest BCUT2D eigenvalue weighted by Crippen LogP contribution is 2.29. The maximum Gasteiger partial charge on any atom is 0.245 e. The topological polar surface area (TPSA) is 54.4 Å². The lowest BCUT2D eigenvalue weighted by molar-refractivity contribution is -0.121. The molecule has 4 nitrogen and oxygen atoms in total. The van der Waals surface area contributed by atoms with E-state index in [1.165, 1.54) is 10.2 Å². The van der Waals surface area contributed by atoms with Gasteiger partial charge in [-0.2, -0.15) is 9.12 Å². The van der Waals surface area contributed by atoms with Gasteiger partial charge in [-0.25, -0.2) is 4.98 Å². The van der Waals surface area contributed by atoms with Crippen LogP contribution in [-0.2, 0) is 4.79 Å². The molecule has 9 heteroatoms. The maximum absolute atomic E-state index is 11.8. The lowest BCUT2D eigenvalue weighted by Gasteiger charge is -2.04. The molecular formula is C12H14BN3OP2S2. The smallest absolute Gasteiger partial charge is 0.245 e. The number of benzene rings is 1. The Bertz CT molecular complexity index is 722. The van der Waals surface area contributed by atoms with Crippen LogP contribution in [0.15, 0.2) is 23.2 Å². The summed E-state index contributed by atoms with van der Waals surface area (Å²) in [6.45, 7) is 0.941. The fourth-order valence-corrected chi connectivity index (χ4v) is 4.62. The molecule has 21 heavy (non-hydrogen) atoms. The van der Waals surface area contributed by atoms with Crippen LogP contribution in [0.2, 0.25) is 0 Å². The van der Waals surface area contributed by atoms with Crippen LogP contribution in [0.1, 0.15) is 5.01 Å².